The Bertz CT molecular complexity index is 122. The summed E-state index contributed by atoms with van der Waals surface area (Å²) < 4.78 is 10.2. The average Bonchev–Trinajstić information content (AvgIpc) is 2.92. The molecule has 0 aromatic carbocycles. The van der Waals surface area contributed by atoms with E-state index in [-0.39, 0.29) is 18.8 Å². The molecule has 4 nitrogen and oxygen atoms in total. The van der Waals surface area contributed by atoms with Crippen LogP contribution in [0.3, 0.4) is 0 Å². The van der Waals surface area contributed by atoms with E-state index in [0.29, 0.717) is 6.54 Å². The molecule has 2 atom stereocenters. The van der Waals surface area contributed by atoms with Crippen molar-refractivity contribution >= 4 is 0 Å². The minimum Gasteiger partial charge on any atom is -0.394 e. The van der Waals surface area contributed by atoms with E-state index in [9.17, 15) is 0 Å². The van der Waals surface area contributed by atoms with Crippen molar-refractivity contribution in [3.63, 3.8) is 0 Å². The van der Waals surface area contributed by atoms with Crippen molar-refractivity contribution in [3.05, 3.63) is 0 Å². The maximum Gasteiger partial charge on any atom is 0.0811 e. The number of aliphatic hydroxyl groups is 1. The van der Waals surface area contributed by atoms with Gasteiger partial charge in [0.1, 0.15) is 0 Å². The molecule has 0 radical (unpaired) electrons. The standard InChI is InChI=1S/C6H13NO2.C4H8O/c7-3-5-1-2-6(4-8)9-5;1-2-4-5-3-1/h5-6,8H,1-4,7H2;1-4H2. The normalized spacial score (nSPS) is 31.3. The van der Waals surface area contributed by atoms with Gasteiger partial charge in [0.15, 0.2) is 0 Å². The minimum atomic E-state index is 0.0542. The van der Waals surface area contributed by atoms with Crippen molar-refractivity contribution in [1.82, 2.24) is 0 Å². The van der Waals surface area contributed by atoms with E-state index in [2.05, 4.69) is 0 Å². The first-order valence-corrected chi connectivity index (χ1v) is 5.41. The lowest BCUT2D eigenvalue weighted by Crippen LogP contribution is -2.21. The van der Waals surface area contributed by atoms with Gasteiger partial charge >= 0.3 is 0 Å². The molecule has 2 aliphatic heterocycles. The Kier molecular flexibility index (Phi) is 6.10. The van der Waals surface area contributed by atoms with Crippen molar-refractivity contribution in [2.45, 2.75) is 37.9 Å². The maximum absolute atomic E-state index is 8.61. The van der Waals surface area contributed by atoms with Gasteiger partial charge in [-0.25, -0.2) is 0 Å². The molecule has 0 aromatic rings. The van der Waals surface area contributed by atoms with Crippen LogP contribution in [0, 0.1) is 0 Å². The van der Waals surface area contributed by atoms with Gasteiger partial charge in [-0.1, -0.05) is 0 Å². The predicted octanol–water partition coefficient (Wildman–Crippen LogP) is 0.282. The number of aliphatic hydroxyl groups excluding tert-OH is 1. The molecule has 0 aromatic heterocycles. The highest BCUT2D eigenvalue weighted by Gasteiger charge is 2.22. The lowest BCUT2D eigenvalue weighted by molar-refractivity contribution is 0.0158. The van der Waals surface area contributed by atoms with Gasteiger partial charge in [0.05, 0.1) is 18.8 Å². The van der Waals surface area contributed by atoms with Crippen LogP contribution in [0.5, 0.6) is 0 Å². The molecule has 84 valence electrons. The summed E-state index contributed by atoms with van der Waals surface area (Å²) in [5.41, 5.74) is 5.34. The molecule has 2 fully saturated rings. The van der Waals surface area contributed by atoms with Gasteiger partial charge in [-0.2, -0.15) is 0 Å². The number of rotatable bonds is 2. The van der Waals surface area contributed by atoms with E-state index in [1.807, 2.05) is 0 Å². The Morgan fingerprint density at radius 3 is 2.07 bits per heavy atom. The molecule has 0 bridgehead atoms. The van der Waals surface area contributed by atoms with Crippen LogP contribution in [0.2, 0.25) is 0 Å². The second-order valence-electron chi connectivity index (χ2n) is 3.70. The third-order valence-electron chi connectivity index (χ3n) is 2.49. The molecule has 2 unspecified atom stereocenters. The fourth-order valence-electron chi connectivity index (χ4n) is 1.60. The lowest BCUT2D eigenvalue weighted by atomic mass is 10.2. The molecule has 3 N–H and O–H groups in total. The van der Waals surface area contributed by atoms with Crippen LogP contribution in [-0.2, 0) is 9.47 Å². The lowest BCUT2D eigenvalue weighted by Gasteiger charge is -2.07. The first-order chi connectivity index (χ1) is 6.86. The number of hydrogen-bond acceptors (Lipinski definition) is 4. The summed E-state index contributed by atoms with van der Waals surface area (Å²) in [6.07, 6.45) is 4.76. The topological polar surface area (TPSA) is 64.7 Å². The van der Waals surface area contributed by atoms with Crippen LogP contribution >= 0.6 is 0 Å². The smallest absolute Gasteiger partial charge is 0.0811 e. The first-order valence-electron chi connectivity index (χ1n) is 5.41. The second-order valence-corrected chi connectivity index (χ2v) is 3.70. The van der Waals surface area contributed by atoms with Crippen LogP contribution in [0.1, 0.15) is 25.7 Å². The zero-order chi connectivity index (χ0) is 10.2. The predicted molar refractivity (Wildman–Crippen MR) is 54.1 cm³/mol. The SMILES string of the molecule is C1CCOC1.NCC1CCC(CO)O1. The van der Waals surface area contributed by atoms with E-state index < -0.39 is 0 Å². The molecule has 0 saturated carbocycles. The summed E-state index contributed by atoms with van der Waals surface area (Å²) in [6.45, 7) is 2.72. The van der Waals surface area contributed by atoms with Crippen LogP contribution in [0.4, 0.5) is 0 Å². The second kappa shape index (κ2) is 7.17. The maximum atomic E-state index is 8.61. The molecular formula is C10H21NO3. The monoisotopic (exact) mass is 203 g/mol. The number of ether oxygens (including phenoxy) is 2. The van der Waals surface area contributed by atoms with Crippen molar-refractivity contribution in [1.29, 1.82) is 0 Å². The Morgan fingerprint density at radius 2 is 1.79 bits per heavy atom. The van der Waals surface area contributed by atoms with Crippen molar-refractivity contribution in [2.75, 3.05) is 26.4 Å². The third-order valence-corrected chi connectivity index (χ3v) is 2.49. The largest absolute Gasteiger partial charge is 0.394 e. The van der Waals surface area contributed by atoms with Crippen LogP contribution in [0.15, 0.2) is 0 Å². The molecule has 2 rings (SSSR count). The molecule has 0 amide bonds. The average molecular weight is 203 g/mol. The Morgan fingerprint density at radius 1 is 1.14 bits per heavy atom. The molecule has 14 heavy (non-hydrogen) atoms. The van der Waals surface area contributed by atoms with Gasteiger partial charge in [0, 0.05) is 19.8 Å². The summed E-state index contributed by atoms with van der Waals surface area (Å²) in [5, 5.41) is 8.61. The summed E-state index contributed by atoms with van der Waals surface area (Å²) >= 11 is 0. The van der Waals surface area contributed by atoms with Gasteiger partial charge in [0.2, 0.25) is 0 Å². The molecule has 4 heteroatoms. The molecule has 0 aliphatic carbocycles. The summed E-state index contributed by atoms with van der Waals surface area (Å²) in [6, 6.07) is 0. The van der Waals surface area contributed by atoms with Gasteiger partial charge in [0.25, 0.3) is 0 Å². The fourth-order valence-corrected chi connectivity index (χ4v) is 1.60. The van der Waals surface area contributed by atoms with Crippen molar-refractivity contribution in [2.24, 2.45) is 5.73 Å². The number of hydrogen-bond donors (Lipinski definition) is 2. The Hall–Kier alpha value is -0.160. The molecule has 0 spiro atoms. The van der Waals surface area contributed by atoms with E-state index in [4.69, 9.17) is 20.3 Å². The Labute approximate surface area is 85.4 Å². The molecule has 2 saturated heterocycles. The van der Waals surface area contributed by atoms with E-state index in [1.165, 1.54) is 12.8 Å². The van der Waals surface area contributed by atoms with Crippen molar-refractivity contribution in [3.8, 4) is 0 Å². The van der Waals surface area contributed by atoms with Gasteiger partial charge in [-0.05, 0) is 25.7 Å². The minimum absolute atomic E-state index is 0.0542. The summed E-state index contributed by atoms with van der Waals surface area (Å²) in [7, 11) is 0. The highest BCUT2D eigenvalue weighted by atomic mass is 16.5. The van der Waals surface area contributed by atoms with Crippen LogP contribution in [0.25, 0.3) is 0 Å². The highest BCUT2D eigenvalue weighted by Crippen LogP contribution is 2.17. The zero-order valence-corrected chi connectivity index (χ0v) is 8.65. The van der Waals surface area contributed by atoms with Crippen LogP contribution in [-0.4, -0.2) is 43.7 Å². The van der Waals surface area contributed by atoms with Crippen LogP contribution < -0.4 is 5.73 Å². The van der Waals surface area contributed by atoms with Gasteiger partial charge in [-0.15, -0.1) is 0 Å². The van der Waals surface area contributed by atoms with Gasteiger partial charge in [-0.3, -0.25) is 0 Å². The molecule has 2 aliphatic rings. The fraction of sp³-hybridized carbons (Fsp3) is 1.00. The van der Waals surface area contributed by atoms with Gasteiger partial charge < -0.3 is 20.3 Å². The highest BCUT2D eigenvalue weighted by molar-refractivity contribution is 4.72. The first kappa shape index (κ1) is 11.9. The van der Waals surface area contributed by atoms with E-state index >= 15 is 0 Å². The third kappa shape index (κ3) is 4.37. The zero-order valence-electron chi connectivity index (χ0n) is 8.65. The van der Waals surface area contributed by atoms with E-state index in [1.54, 1.807) is 0 Å². The summed E-state index contributed by atoms with van der Waals surface area (Å²) in [4.78, 5) is 0. The van der Waals surface area contributed by atoms with E-state index in [0.717, 1.165) is 26.1 Å². The summed E-state index contributed by atoms with van der Waals surface area (Å²) in [5.74, 6) is 0. The Balaban J connectivity index is 0.000000165. The van der Waals surface area contributed by atoms with Crippen molar-refractivity contribution < 1.29 is 14.6 Å². The molecule has 2 heterocycles. The quantitative estimate of drug-likeness (QED) is 0.676. The molecular weight excluding hydrogens is 182 g/mol. The number of nitrogens with two attached hydrogens (primary N) is 1.